The van der Waals surface area contributed by atoms with Crippen molar-refractivity contribution in [3.8, 4) is 5.75 Å². The van der Waals surface area contributed by atoms with Gasteiger partial charge in [0.25, 0.3) is 0 Å². The molecule has 0 fully saturated rings. The average Bonchev–Trinajstić information content (AvgIpc) is 2.44. The first-order valence-electron chi connectivity index (χ1n) is 5.72. The van der Waals surface area contributed by atoms with Crippen LogP contribution < -0.4 is 4.74 Å². The fourth-order valence-corrected chi connectivity index (χ4v) is 2.42. The van der Waals surface area contributed by atoms with Gasteiger partial charge < -0.3 is 4.74 Å². The van der Waals surface area contributed by atoms with Crippen molar-refractivity contribution in [3.63, 3.8) is 0 Å². The second-order valence-electron chi connectivity index (χ2n) is 3.73. The lowest BCUT2D eigenvalue weighted by Gasteiger charge is -2.05. The fourth-order valence-electron chi connectivity index (χ4n) is 1.52. The summed E-state index contributed by atoms with van der Waals surface area (Å²) in [6, 6.07) is 18.1. The molecule has 0 aliphatic carbocycles. The van der Waals surface area contributed by atoms with Crippen molar-refractivity contribution in [2.75, 3.05) is 6.61 Å². The van der Waals surface area contributed by atoms with Crippen LogP contribution in [0.1, 0.15) is 5.56 Å². The van der Waals surface area contributed by atoms with Gasteiger partial charge in [-0.05, 0) is 23.8 Å². The number of aldehydes is 1. The molecular formula is C15H14O2S. The minimum Gasteiger partial charge on any atom is -0.486 e. The van der Waals surface area contributed by atoms with Crippen molar-refractivity contribution in [1.82, 2.24) is 0 Å². The summed E-state index contributed by atoms with van der Waals surface area (Å²) in [5.74, 6) is 1.66. The molecule has 0 N–H and O–H groups in total. The normalized spacial score (nSPS) is 10.0. The van der Waals surface area contributed by atoms with Gasteiger partial charge in [-0.2, -0.15) is 0 Å². The molecular weight excluding hydrogens is 244 g/mol. The molecule has 0 aliphatic rings. The molecule has 0 unspecified atom stereocenters. The number of thioether (sulfide) groups is 1. The molecule has 0 heterocycles. The molecule has 0 spiro atoms. The Morgan fingerprint density at radius 3 is 2.67 bits per heavy atom. The maximum absolute atomic E-state index is 10.2. The van der Waals surface area contributed by atoms with E-state index in [1.807, 2.05) is 42.5 Å². The summed E-state index contributed by atoms with van der Waals surface area (Å²) in [7, 11) is 0. The van der Waals surface area contributed by atoms with Gasteiger partial charge in [-0.25, -0.2) is 0 Å². The highest BCUT2D eigenvalue weighted by atomic mass is 32.2. The van der Waals surface area contributed by atoms with Crippen molar-refractivity contribution in [2.45, 2.75) is 10.6 Å². The topological polar surface area (TPSA) is 26.3 Å². The lowest BCUT2D eigenvalue weighted by atomic mass is 10.2. The molecule has 2 rings (SSSR count). The summed E-state index contributed by atoms with van der Waals surface area (Å²) < 4.78 is 5.27. The van der Waals surface area contributed by atoms with Crippen LogP contribution in [0.5, 0.6) is 5.75 Å². The highest BCUT2D eigenvalue weighted by Gasteiger charge is 1.98. The molecule has 3 heteroatoms. The highest BCUT2D eigenvalue weighted by molar-refractivity contribution is 7.98. The van der Waals surface area contributed by atoms with Crippen LogP contribution in [0, 0.1) is 0 Å². The van der Waals surface area contributed by atoms with E-state index in [2.05, 4.69) is 12.1 Å². The van der Waals surface area contributed by atoms with E-state index in [1.165, 1.54) is 5.56 Å². The van der Waals surface area contributed by atoms with Crippen molar-refractivity contribution in [3.05, 3.63) is 60.2 Å². The molecule has 0 radical (unpaired) electrons. The first kappa shape index (κ1) is 12.7. The number of rotatable bonds is 6. The minimum atomic E-state index is 0.104. The van der Waals surface area contributed by atoms with Gasteiger partial charge in [-0.15, -0.1) is 11.8 Å². The predicted molar refractivity (Wildman–Crippen MR) is 74.0 cm³/mol. The summed E-state index contributed by atoms with van der Waals surface area (Å²) in [5, 5.41) is 0. The van der Waals surface area contributed by atoms with Gasteiger partial charge in [-0.1, -0.05) is 36.4 Å². The second kappa shape index (κ2) is 6.87. The summed E-state index contributed by atoms with van der Waals surface area (Å²) >= 11 is 1.75. The standard InChI is InChI=1S/C15H14O2S/c16-9-10-17-14-7-4-8-15(11-14)18-12-13-5-2-1-3-6-13/h1-9,11H,10,12H2. The van der Waals surface area contributed by atoms with E-state index in [-0.39, 0.29) is 6.61 Å². The molecule has 92 valence electrons. The third-order valence-electron chi connectivity index (χ3n) is 2.37. The molecule has 0 aliphatic heterocycles. The van der Waals surface area contributed by atoms with E-state index in [0.29, 0.717) is 0 Å². The van der Waals surface area contributed by atoms with E-state index in [0.717, 1.165) is 22.7 Å². The first-order valence-corrected chi connectivity index (χ1v) is 6.70. The van der Waals surface area contributed by atoms with Crippen LogP contribution in [0.15, 0.2) is 59.5 Å². The quantitative estimate of drug-likeness (QED) is 0.585. The Kier molecular flexibility index (Phi) is 4.85. The van der Waals surface area contributed by atoms with E-state index in [1.54, 1.807) is 11.8 Å². The zero-order valence-electron chi connectivity index (χ0n) is 9.91. The largest absolute Gasteiger partial charge is 0.486 e. The minimum absolute atomic E-state index is 0.104. The zero-order chi connectivity index (χ0) is 12.6. The van der Waals surface area contributed by atoms with Crippen LogP contribution in [0.25, 0.3) is 0 Å². The van der Waals surface area contributed by atoms with Gasteiger partial charge in [-0.3, -0.25) is 4.79 Å². The van der Waals surface area contributed by atoms with Crippen LogP contribution in [-0.4, -0.2) is 12.9 Å². The van der Waals surface area contributed by atoms with Crippen molar-refractivity contribution in [2.24, 2.45) is 0 Å². The Morgan fingerprint density at radius 2 is 1.89 bits per heavy atom. The molecule has 0 aromatic heterocycles. The predicted octanol–water partition coefficient (Wildman–Crippen LogP) is 3.56. The van der Waals surface area contributed by atoms with Crippen molar-refractivity contribution >= 4 is 18.0 Å². The number of hydrogen-bond donors (Lipinski definition) is 0. The van der Waals surface area contributed by atoms with Crippen LogP contribution in [0.3, 0.4) is 0 Å². The summed E-state index contributed by atoms with van der Waals surface area (Å²) in [4.78, 5) is 11.4. The van der Waals surface area contributed by atoms with Crippen LogP contribution in [0.4, 0.5) is 0 Å². The fraction of sp³-hybridized carbons (Fsp3) is 0.133. The molecule has 18 heavy (non-hydrogen) atoms. The van der Waals surface area contributed by atoms with E-state index in [4.69, 9.17) is 4.74 Å². The number of carbonyl (C=O) groups excluding carboxylic acids is 1. The number of ether oxygens (including phenoxy) is 1. The van der Waals surface area contributed by atoms with Crippen LogP contribution in [0.2, 0.25) is 0 Å². The molecule has 2 aromatic rings. The van der Waals surface area contributed by atoms with Crippen molar-refractivity contribution in [1.29, 1.82) is 0 Å². The smallest absolute Gasteiger partial charge is 0.157 e. The molecule has 0 saturated heterocycles. The Morgan fingerprint density at radius 1 is 1.06 bits per heavy atom. The van der Waals surface area contributed by atoms with Gasteiger partial charge in [0.05, 0.1) is 0 Å². The molecule has 0 bridgehead atoms. The highest BCUT2D eigenvalue weighted by Crippen LogP contribution is 2.25. The zero-order valence-corrected chi connectivity index (χ0v) is 10.7. The lowest BCUT2D eigenvalue weighted by Crippen LogP contribution is -1.97. The Balaban J connectivity index is 1.95. The SMILES string of the molecule is O=CCOc1cccc(SCc2ccccc2)c1. The molecule has 0 saturated carbocycles. The summed E-state index contributed by atoms with van der Waals surface area (Å²) in [6.07, 6.45) is 0.754. The van der Waals surface area contributed by atoms with E-state index >= 15 is 0 Å². The van der Waals surface area contributed by atoms with Crippen LogP contribution >= 0.6 is 11.8 Å². The van der Waals surface area contributed by atoms with Crippen LogP contribution in [-0.2, 0) is 10.5 Å². The molecule has 2 nitrogen and oxygen atoms in total. The Hall–Kier alpha value is -1.74. The molecule has 0 atom stereocenters. The van der Waals surface area contributed by atoms with Gasteiger partial charge in [0, 0.05) is 10.6 Å². The first-order chi connectivity index (χ1) is 8.88. The third kappa shape index (κ3) is 3.93. The van der Waals surface area contributed by atoms with Gasteiger partial charge in [0.2, 0.25) is 0 Å². The monoisotopic (exact) mass is 258 g/mol. The second-order valence-corrected chi connectivity index (χ2v) is 4.78. The van der Waals surface area contributed by atoms with E-state index < -0.39 is 0 Å². The van der Waals surface area contributed by atoms with Crippen molar-refractivity contribution < 1.29 is 9.53 Å². The number of carbonyl (C=O) groups is 1. The lowest BCUT2D eigenvalue weighted by molar-refractivity contribution is -0.109. The third-order valence-corrected chi connectivity index (χ3v) is 3.44. The Labute approximate surface area is 111 Å². The van der Waals surface area contributed by atoms with E-state index in [9.17, 15) is 4.79 Å². The summed E-state index contributed by atoms with van der Waals surface area (Å²) in [5.41, 5.74) is 1.29. The molecule has 0 amide bonds. The number of hydrogen-bond acceptors (Lipinski definition) is 3. The maximum Gasteiger partial charge on any atom is 0.157 e. The summed E-state index contributed by atoms with van der Waals surface area (Å²) in [6.45, 7) is 0.104. The maximum atomic E-state index is 10.2. The number of benzene rings is 2. The van der Waals surface area contributed by atoms with Gasteiger partial charge in [0.15, 0.2) is 6.29 Å². The van der Waals surface area contributed by atoms with Gasteiger partial charge >= 0.3 is 0 Å². The van der Waals surface area contributed by atoms with Gasteiger partial charge in [0.1, 0.15) is 12.4 Å². The molecule has 2 aromatic carbocycles. The average molecular weight is 258 g/mol. The Bertz CT molecular complexity index is 497.